The molecule has 0 aromatic carbocycles. The summed E-state index contributed by atoms with van der Waals surface area (Å²) < 4.78 is 0.897. The number of thioether (sulfide) groups is 1. The third-order valence-electron chi connectivity index (χ3n) is 3.38. The summed E-state index contributed by atoms with van der Waals surface area (Å²) in [6.45, 7) is 0.863. The molecule has 0 bridgehead atoms. The summed E-state index contributed by atoms with van der Waals surface area (Å²) in [4.78, 5) is 13.2. The molecule has 2 heterocycles. The van der Waals surface area contributed by atoms with Crippen LogP contribution in [-0.4, -0.2) is 27.8 Å². The molecule has 2 aromatic heterocycles. The van der Waals surface area contributed by atoms with E-state index in [0.29, 0.717) is 5.78 Å². The van der Waals surface area contributed by atoms with Crippen LogP contribution in [0.25, 0.3) is 0 Å². The van der Waals surface area contributed by atoms with Crippen molar-refractivity contribution in [2.45, 2.75) is 41.7 Å². The van der Waals surface area contributed by atoms with Crippen LogP contribution in [0.4, 0.5) is 5.13 Å². The summed E-state index contributed by atoms with van der Waals surface area (Å²) in [6.07, 6.45) is 4.89. The highest BCUT2D eigenvalue weighted by atomic mass is 32.2. The Morgan fingerprint density at radius 2 is 2.33 bits per heavy atom. The van der Waals surface area contributed by atoms with Crippen molar-refractivity contribution < 1.29 is 4.79 Å². The van der Waals surface area contributed by atoms with Crippen LogP contribution in [0.1, 0.15) is 30.6 Å². The van der Waals surface area contributed by atoms with Crippen molar-refractivity contribution >= 4 is 45.4 Å². The average Bonchev–Trinajstić information content (AvgIpc) is 3.14. The molecule has 0 amide bonds. The molecule has 1 unspecified atom stereocenters. The Kier molecular flexibility index (Phi) is 5.27. The van der Waals surface area contributed by atoms with E-state index < -0.39 is 0 Å². The zero-order valence-corrected chi connectivity index (χ0v) is 14.0. The van der Waals surface area contributed by atoms with E-state index in [1.807, 2.05) is 0 Å². The van der Waals surface area contributed by atoms with Gasteiger partial charge < -0.3 is 5.32 Å². The third-order valence-corrected chi connectivity index (χ3v) is 6.59. The molecule has 0 aliphatic heterocycles. The van der Waals surface area contributed by atoms with Crippen LogP contribution in [-0.2, 0) is 11.2 Å². The van der Waals surface area contributed by atoms with Crippen molar-refractivity contribution in [3.8, 4) is 0 Å². The van der Waals surface area contributed by atoms with Crippen molar-refractivity contribution in [3.63, 3.8) is 0 Å². The summed E-state index contributed by atoms with van der Waals surface area (Å²) in [6, 6.07) is 4.21. The van der Waals surface area contributed by atoms with Crippen molar-refractivity contribution in [1.29, 1.82) is 0 Å². The predicted molar refractivity (Wildman–Crippen MR) is 89.5 cm³/mol. The Balaban J connectivity index is 1.48. The first-order chi connectivity index (χ1) is 10.3. The van der Waals surface area contributed by atoms with Crippen LogP contribution in [0.2, 0.25) is 0 Å². The molecule has 1 saturated carbocycles. The fourth-order valence-electron chi connectivity index (χ4n) is 2.27. The van der Waals surface area contributed by atoms with Gasteiger partial charge in [-0.15, -0.1) is 21.5 Å². The number of hydrogen-bond donors (Lipinski definition) is 1. The minimum atomic E-state index is 0.0886. The largest absolute Gasteiger partial charge is 0.360 e. The van der Waals surface area contributed by atoms with Crippen LogP contribution in [0, 0.1) is 0 Å². The maximum atomic E-state index is 11.8. The lowest BCUT2D eigenvalue weighted by atomic mass is 9.99. The molecule has 2 aromatic rings. The van der Waals surface area contributed by atoms with Crippen molar-refractivity contribution in [2.24, 2.45) is 0 Å². The van der Waals surface area contributed by atoms with Gasteiger partial charge in [0.05, 0.1) is 5.25 Å². The number of hydrogen-bond acceptors (Lipinski definition) is 7. The quantitative estimate of drug-likeness (QED) is 0.866. The lowest BCUT2D eigenvalue weighted by Gasteiger charge is -2.17. The lowest BCUT2D eigenvalue weighted by Crippen LogP contribution is -2.21. The highest BCUT2D eigenvalue weighted by molar-refractivity contribution is 8.02. The Morgan fingerprint density at radius 1 is 1.38 bits per heavy atom. The van der Waals surface area contributed by atoms with E-state index in [9.17, 15) is 4.79 Å². The molecule has 1 fully saturated rings. The molecule has 0 radical (unpaired) electrons. The Hall–Kier alpha value is -0.920. The van der Waals surface area contributed by atoms with E-state index in [-0.39, 0.29) is 5.25 Å². The van der Waals surface area contributed by atoms with E-state index in [4.69, 9.17) is 0 Å². The van der Waals surface area contributed by atoms with Crippen LogP contribution >= 0.6 is 34.4 Å². The van der Waals surface area contributed by atoms with Crippen LogP contribution in [0.3, 0.4) is 0 Å². The zero-order chi connectivity index (χ0) is 14.5. The maximum Gasteiger partial charge on any atom is 0.206 e. The first kappa shape index (κ1) is 15.0. The van der Waals surface area contributed by atoms with Gasteiger partial charge in [-0.25, -0.2) is 0 Å². The molecule has 1 aliphatic rings. The number of aromatic nitrogens is 2. The molecule has 4 nitrogen and oxygen atoms in total. The molecule has 0 spiro atoms. The second kappa shape index (κ2) is 7.38. The number of rotatable bonds is 6. The highest BCUT2D eigenvalue weighted by Gasteiger charge is 2.24. The summed E-state index contributed by atoms with van der Waals surface area (Å²) >= 11 is 4.90. The van der Waals surface area contributed by atoms with Gasteiger partial charge in [-0.1, -0.05) is 35.6 Å². The molecule has 3 rings (SSSR count). The van der Waals surface area contributed by atoms with Gasteiger partial charge in [0.15, 0.2) is 4.34 Å². The Bertz CT molecular complexity index is 582. The molecule has 1 atom stereocenters. The molecule has 21 heavy (non-hydrogen) atoms. The minimum Gasteiger partial charge on any atom is -0.360 e. The van der Waals surface area contributed by atoms with Gasteiger partial charge in [0.25, 0.3) is 0 Å². The molecule has 1 N–H and O–H groups in total. The predicted octanol–water partition coefficient (Wildman–Crippen LogP) is 3.86. The Labute approximate surface area is 136 Å². The normalized spacial score (nSPS) is 18.9. The summed E-state index contributed by atoms with van der Waals surface area (Å²) in [5.41, 5.74) is 0. The fourth-order valence-corrected chi connectivity index (χ4v) is 5.13. The molecule has 7 heteroatoms. The molecular formula is C14H17N3OS3. The zero-order valence-electron chi connectivity index (χ0n) is 11.6. The highest BCUT2D eigenvalue weighted by Crippen LogP contribution is 2.34. The van der Waals surface area contributed by atoms with Gasteiger partial charge >= 0.3 is 0 Å². The number of anilines is 1. The number of thiophene rings is 1. The first-order valence-electron chi connectivity index (χ1n) is 7.10. The van der Waals surface area contributed by atoms with E-state index in [2.05, 4.69) is 33.0 Å². The fraction of sp³-hybridized carbons (Fsp3) is 0.500. The van der Waals surface area contributed by atoms with E-state index in [1.54, 1.807) is 34.4 Å². The van der Waals surface area contributed by atoms with Crippen LogP contribution < -0.4 is 5.32 Å². The van der Waals surface area contributed by atoms with E-state index >= 15 is 0 Å². The van der Waals surface area contributed by atoms with Crippen molar-refractivity contribution in [3.05, 3.63) is 22.4 Å². The number of carbonyl (C=O) groups excluding carboxylic acids is 1. The van der Waals surface area contributed by atoms with Crippen LogP contribution in [0.15, 0.2) is 21.9 Å². The first-order valence-corrected chi connectivity index (χ1v) is 9.68. The Morgan fingerprint density at radius 3 is 3.14 bits per heavy atom. The number of nitrogens with one attached hydrogen (secondary N) is 1. The number of Topliss-reactive ketones (excluding diaryl/α,β-unsaturated/α-hetero) is 1. The standard InChI is InChI=1S/C14H17N3OS3/c18-11-5-1-2-6-12(11)20-14-17-16-13(21-14)15-8-7-10-4-3-9-19-10/h3-4,9,12H,1-2,5-8H2,(H,15,16). The second-order valence-electron chi connectivity index (χ2n) is 4.95. The summed E-state index contributed by atoms with van der Waals surface area (Å²) in [5.74, 6) is 0.369. The van der Waals surface area contributed by atoms with Gasteiger partial charge in [-0.05, 0) is 30.7 Å². The number of ketones is 1. The molecule has 0 saturated heterocycles. The van der Waals surface area contributed by atoms with Gasteiger partial charge in [0, 0.05) is 17.8 Å². The SMILES string of the molecule is O=C1CCCCC1Sc1nnc(NCCc2cccs2)s1. The van der Waals surface area contributed by atoms with E-state index in [1.165, 1.54) is 4.88 Å². The van der Waals surface area contributed by atoms with Gasteiger partial charge in [0.1, 0.15) is 5.78 Å². The van der Waals surface area contributed by atoms with Gasteiger partial charge in [-0.2, -0.15) is 0 Å². The van der Waals surface area contributed by atoms with Gasteiger partial charge in [0.2, 0.25) is 5.13 Å². The van der Waals surface area contributed by atoms with E-state index in [0.717, 1.165) is 48.1 Å². The van der Waals surface area contributed by atoms with Crippen LogP contribution in [0.5, 0.6) is 0 Å². The monoisotopic (exact) mass is 339 g/mol. The maximum absolute atomic E-state index is 11.8. The second-order valence-corrected chi connectivity index (χ2v) is 8.41. The molecular weight excluding hydrogens is 322 g/mol. The molecule has 1 aliphatic carbocycles. The number of nitrogens with zero attached hydrogens (tertiary/aromatic N) is 2. The van der Waals surface area contributed by atoms with Crippen molar-refractivity contribution in [2.75, 3.05) is 11.9 Å². The van der Waals surface area contributed by atoms with Crippen molar-refractivity contribution in [1.82, 2.24) is 10.2 Å². The summed E-state index contributed by atoms with van der Waals surface area (Å²) in [7, 11) is 0. The average molecular weight is 340 g/mol. The topological polar surface area (TPSA) is 54.9 Å². The summed E-state index contributed by atoms with van der Waals surface area (Å²) in [5, 5.41) is 14.7. The smallest absolute Gasteiger partial charge is 0.206 e. The third kappa shape index (κ3) is 4.28. The lowest BCUT2D eigenvalue weighted by molar-refractivity contribution is -0.119. The van der Waals surface area contributed by atoms with Gasteiger partial charge in [-0.3, -0.25) is 4.79 Å². The minimum absolute atomic E-state index is 0.0886. The number of carbonyl (C=O) groups is 1. The molecule has 112 valence electrons.